The molecule has 1 aliphatic carbocycles. The minimum Gasteiger partial charge on any atom is -0.364 e. The second kappa shape index (κ2) is 4.43. The monoisotopic (exact) mass is 272 g/mol. The fourth-order valence-corrected chi connectivity index (χ4v) is 4.77. The molecule has 1 aromatic heterocycles. The molecule has 4 nitrogen and oxygen atoms in total. The maximum Gasteiger partial charge on any atom is 0.131 e. The lowest BCUT2D eigenvalue weighted by atomic mass is 9.87. The first kappa shape index (κ1) is 12.6. The van der Waals surface area contributed by atoms with Crippen molar-refractivity contribution in [2.45, 2.75) is 49.7 Å². The van der Waals surface area contributed by atoms with Gasteiger partial charge in [-0.2, -0.15) is 0 Å². The molecule has 0 bridgehead atoms. The maximum atomic E-state index is 5.17. The van der Waals surface area contributed by atoms with Crippen molar-refractivity contribution in [1.29, 1.82) is 0 Å². The van der Waals surface area contributed by atoms with Crippen LogP contribution in [0, 0.1) is 0 Å². The summed E-state index contributed by atoms with van der Waals surface area (Å²) in [4.78, 5) is 11.2. The van der Waals surface area contributed by atoms with Crippen LogP contribution >= 0.6 is 0 Å². The molecule has 108 valence electrons. The average Bonchev–Trinajstić information content (AvgIpc) is 3.10. The van der Waals surface area contributed by atoms with Gasteiger partial charge >= 0.3 is 0 Å². The van der Waals surface area contributed by atoms with Crippen LogP contribution < -0.4 is 5.32 Å². The van der Waals surface area contributed by atoms with Gasteiger partial charge in [0.2, 0.25) is 0 Å². The molecule has 0 radical (unpaired) electrons. The molecule has 2 unspecified atom stereocenters. The number of nitrogens with one attached hydrogen (secondary N) is 2. The fourth-order valence-electron chi connectivity index (χ4n) is 4.77. The highest BCUT2D eigenvalue weighted by atomic mass is 15.4. The van der Waals surface area contributed by atoms with Gasteiger partial charge in [0, 0.05) is 36.8 Å². The van der Waals surface area contributed by atoms with E-state index in [9.17, 15) is 0 Å². The Morgan fingerprint density at radius 1 is 1.25 bits per heavy atom. The Hall–Kier alpha value is -1.13. The van der Waals surface area contributed by atoms with Crippen LogP contribution in [0.4, 0.5) is 0 Å². The van der Waals surface area contributed by atoms with Gasteiger partial charge in [0.1, 0.15) is 5.66 Å². The lowest BCUT2D eigenvalue weighted by Gasteiger charge is -2.42. The molecule has 3 heterocycles. The van der Waals surface area contributed by atoms with Crippen molar-refractivity contribution in [3.8, 4) is 0 Å². The zero-order valence-corrected chi connectivity index (χ0v) is 12.3. The topological polar surface area (TPSA) is 43.4 Å². The zero-order valence-electron chi connectivity index (χ0n) is 12.3. The lowest BCUT2D eigenvalue weighted by Crippen LogP contribution is -2.59. The maximum absolute atomic E-state index is 5.17. The molecule has 1 saturated heterocycles. The number of aromatic nitrogens is 1. The molecule has 20 heavy (non-hydrogen) atoms. The zero-order chi connectivity index (χ0) is 13.6. The van der Waals surface area contributed by atoms with E-state index in [4.69, 9.17) is 4.99 Å². The summed E-state index contributed by atoms with van der Waals surface area (Å²) in [6, 6.07) is 2.16. The number of fused-ring (bicyclic) bond motifs is 1. The minimum atomic E-state index is 0.000625. The smallest absolute Gasteiger partial charge is 0.131 e. The van der Waals surface area contributed by atoms with Crippen LogP contribution in [-0.4, -0.2) is 47.4 Å². The van der Waals surface area contributed by atoms with E-state index in [1.54, 1.807) is 0 Å². The van der Waals surface area contributed by atoms with Crippen LogP contribution in [0.2, 0.25) is 0 Å². The number of H-pyrrole nitrogens is 1. The van der Waals surface area contributed by atoms with Crippen molar-refractivity contribution in [3.05, 3.63) is 23.5 Å². The molecule has 0 amide bonds. The Kier molecular flexibility index (Phi) is 2.79. The molecule has 2 N–H and O–H groups in total. The number of aliphatic imine (C=N–C) groups is 1. The van der Waals surface area contributed by atoms with Gasteiger partial charge in [-0.25, -0.2) is 0 Å². The SMILES string of the molecule is CNC12CCCC13N=Cc1cc[nH]c1CCCN3CC2. The summed E-state index contributed by atoms with van der Waals surface area (Å²) >= 11 is 0. The number of aromatic amines is 1. The van der Waals surface area contributed by atoms with Gasteiger partial charge in [-0.15, -0.1) is 0 Å². The summed E-state index contributed by atoms with van der Waals surface area (Å²) in [6.45, 7) is 2.35. The number of nitrogens with zero attached hydrogens (tertiary/aromatic N) is 2. The summed E-state index contributed by atoms with van der Waals surface area (Å²) in [5.74, 6) is 0. The van der Waals surface area contributed by atoms with E-state index in [1.807, 2.05) is 6.20 Å². The van der Waals surface area contributed by atoms with E-state index in [-0.39, 0.29) is 11.2 Å². The number of rotatable bonds is 1. The quantitative estimate of drug-likeness (QED) is 0.820. The lowest BCUT2D eigenvalue weighted by molar-refractivity contribution is 0.0986. The third-order valence-corrected chi connectivity index (χ3v) is 5.85. The molecule has 2 aliphatic heterocycles. The Morgan fingerprint density at radius 2 is 2.20 bits per heavy atom. The Bertz CT molecular complexity index is 534. The van der Waals surface area contributed by atoms with Crippen molar-refractivity contribution in [3.63, 3.8) is 0 Å². The van der Waals surface area contributed by atoms with E-state index in [2.05, 4.69) is 34.5 Å². The molecule has 1 aromatic rings. The van der Waals surface area contributed by atoms with Crippen molar-refractivity contribution in [1.82, 2.24) is 15.2 Å². The molecule has 1 spiro atoms. The minimum absolute atomic E-state index is 0.000625. The molecule has 4 heteroatoms. The summed E-state index contributed by atoms with van der Waals surface area (Å²) < 4.78 is 0. The van der Waals surface area contributed by atoms with Crippen LogP contribution in [-0.2, 0) is 6.42 Å². The van der Waals surface area contributed by atoms with E-state index in [0.717, 1.165) is 6.42 Å². The van der Waals surface area contributed by atoms with Gasteiger partial charge in [-0.05, 0) is 51.6 Å². The van der Waals surface area contributed by atoms with E-state index >= 15 is 0 Å². The second-order valence-electron chi connectivity index (χ2n) is 6.51. The van der Waals surface area contributed by atoms with Gasteiger partial charge in [0.15, 0.2) is 0 Å². The summed E-state index contributed by atoms with van der Waals surface area (Å²) in [5.41, 5.74) is 2.83. The molecular weight excluding hydrogens is 248 g/mol. The molecule has 4 rings (SSSR count). The first-order valence-electron chi connectivity index (χ1n) is 7.95. The van der Waals surface area contributed by atoms with Gasteiger partial charge < -0.3 is 10.3 Å². The van der Waals surface area contributed by atoms with Gasteiger partial charge in [0.05, 0.1) is 5.54 Å². The first-order chi connectivity index (χ1) is 9.80. The van der Waals surface area contributed by atoms with Gasteiger partial charge in [-0.1, -0.05) is 0 Å². The highest BCUT2D eigenvalue weighted by Gasteiger charge is 2.61. The first-order valence-corrected chi connectivity index (χ1v) is 7.95. The Labute approximate surface area is 120 Å². The van der Waals surface area contributed by atoms with Crippen LogP contribution in [0.15, 0.2) is 17.3 Å². The average molecular weight is 272 g/mol. The van der Waals surface area contributed by atoms with Crippen molar-refractivity contribution in [2.24, 2.45) is 4.99 Å². The van der Waals surface area contributed by atoms with E-state index < -0.39 is 0 Å². The van der Waals surface area contributed by atoms with E-state index in [0.29, 0.717) is 0 Å². The molecular formula is C16H24N4. The summed E-state index contributed by atoms with van der Waals surface area (Å²) in [6.07, 6.45) is 11.5. The molecule has 2 fully saturated rings. The second-order valence-corrected chi connectivity index (χ2v) is 6.51. The van der Waals surface area contributed by atoms with Gasteiger partial charge in [-0.3, -0.25) is 9.89 Å². The molecule has 3 aliphatic rings. The summed E-state index contributed by atoms with van der Waals surface area (Å²) in [5, 5.41) is 3.65. The molecule has 0 aromatic carbocycles. The number of aryl methyl sites for hydroxylation is 1. The van der Waals surface area contributed by atoms with Crippen LogP contribution in [0.25, 0.3) is 0 Å². The van der Waals surface area contributed by atoms with Crippen molar-refractivity contribution < 1.29 is 0 Å². The van der Waals surface area contributed by atoms with Crippen LogP contribution in [0.3, 0.4) is 0 Å². The standard InChI is InChI=1S/C16H24N4/c1-17-15-6-3-7-16(15)19-12-13-5-9-18-14(13)4-2-10-20(16)11-8-15/h5,9,12,17-18H,2-4,6-8,10-11H2,1H3. The van der Waals surface area contributed by atoms with Crippen LogP contribution in [0.5, 0.6) is 0 Å². The highest BCUT2D eigenvalue weighted by molar-refractivity contribution is 5.81. The van der Waals surface area contributed by atoms with Crippen LogP contribution in [0.1, 0.15) is 43.4 Å². The van der Waals surface area contributed by atoms with Crippen molar-refractivity contribution >= 4 is 6.21 Å². The molecule has 1 saturated carbocycles. The molecule has 2 atom stereocenters. The normalized spacial score (nSPS) is 36.9. The summed E-state index contributed by atoms with van der Waals surface area (Å²) in [7, 11) is 2.13. The Balaban J connectivity index is 1.80. The van der Waals surface area contributed by atoms with E-state index in [1.165, 1.54) is 56.5 Å². The van der Waals surface area contributed by atoms with Gasteiger partial charge in [0.25, 0.3) is 0 Å². The Morgan fingerprint density at radius 3 is 3.10 bits per heavy atom. The number of hydrogen-bond donors (Lipinski definition) is 2. The largest absolute Gasteiger partial charge is 0.364 e. The third kappa shape index (κ3) is 1.52. The number of likely N-dealkylation sites (N-methyl/N-ethyl adjacent to an activating group) is 1. The number of hydrogen-bond acceptors (Lipinski definition) is 3. The third-order valence-electron chi connectivity index (χ3n) is 5.85. The predicted octanol–water partition coefficient (Wildman–Crippen LogP) is 1.92. The highest BCUT2D eigenvalue weighted by Crippen LogP contribution is 2.51. The predicted molar refractivity (Wildman–Crippen MR) is 81.3 cm³/mol. The van der Waals surface area contributed by atoms with Crippen molar-refractivity contribution in [2.75, 3.05) is 20.1 Å². The fraction of sp³-hybridized carbons (Fsp3) is 0.688.